The molecular formula is C10H10N2O2. The van der Waals surface area contributed by atoms with Gasteiger partial charge >= 0.3 is 0 Å². The molecule has 0 aliphatic heterocycles. The highest BCUT2D eigenvalue weighted by Crippen LogP contribution is 2.16. The van der Waals surface area contributed by atoms with Gasteiger partial charge in [0.25, 0.3) is 5.56 Å². The summed E-state index contributed by atoms with van der Waals surface area (Å²) in [7, 11) is 0. The Bertz CT molecular complexity index is 531. The monoisotopic (exact) mass is 190 g/mol. The number of aromatic hydroxyl groups is 1. The van der Waals surface area contributed by atoms with Crippen LogP contribution in [0.15, 0.2) is 29.1 Å². The average molecular weight is 190 g/mol. The summed E-state index contributed by atoms with van der Waals surface area (Å²) < 4.78 is 0. The van der Waals surface area contributed by atoms with Crippen LogP contribution in [0.1, 0.15) is 5.69 Å². The molecule has 1 aromatic carbocycles. The minimum absolute atomic E-state index is 0.0866. The summed E-state index contributed by atoms with van der Waals surface area (Å²) in [5.74, 6) is 0.0866. The Kier molecular flexibility index (Phi) is 1.98. The maximum Gasteiger partial charge on any atom is 0.256 e. The van der Waals surface area contributed by atoms with Crippen molar-refractivity contribution in [2.24, 2.45) is 5.73 Å². The second-order valence-electron chi connectivity index (χ2n) is 3.10. The first-order valence-electron chi connectivity index (χ1n) is 4.25. The number of phenols is 1. The van der Waals surface area contributed by atoms with Gasteiger partial charge in [0.2, 0.25) is 0 Å². The van der Waals surface area contributed by atoms with Crippen LogP contribution in [-0.4, -0.2) is 10.1 Å². The number of pyridine rings is 1. The normalized spacial score (nSPS) is 10.6. The molecule has 0 bridgehead atoms. The molecule has 0 spiro atoms. The van der Waals surface area contributed by atoms with Crippen LogP contribution in [0, 0.1) is 0 Å². The highest BCUT2D eigenvalue weighted by Gasteiger charge is 2.01. The highest BCUT2D eigenvalue weighted by atomic mass is 16.3. The van der Waals surface area contributed by atoms with Gasteiger partial charge in [-0.15, -0.1) is 0 Å². The lowest BCUT2D eigenvalue weighted by Crippen LogP contribution is -2.11. The van der Waals surface area contributed by atoms with E-state index in [4.69, 9.17) is 5.73 Å². The molecular weight excluding hydrogens is 180 g/mol. The number of hydrogen-bond donors (Lipinski definition) is 3. The Morgan fingerprint density at radius 2 is 2.14 bits per heavy atom. The number of aromatic nitrogens is 1. The number of hydrogen-bond acceptors (Lipinski definition) is 3. The predicted molar refractivity (Wildman–Crippen MR) is 54.1 cm³/mol. The Labute approximate surface area is 80.0 Å². The van der Waals surface area contributed by atoms with E-state index >= 15 is 0 Å². The molecule has 0 saturated heterocycles. The van der Waals surface area contributed by atoms with Crippen molar-refractivity contribution in [3.05, 3.63) is 40.3 Å². The standard InChI is InChI=1S/C10H10N2O2/c11-5-7-3-6-1-2-8(13)4-9(6)10(14)12-7/h1-4,13H,5,11H2,(H,12,14). The van der Waals surface area contributed by atoms with E-state index in [1.54, 1.807) is 18.2 Å². The van der Waals surface area contributed by atoms with Crippen LogP contribution in [0.2, 0.25) is 0 Å². The van der Waals surface area contributed by atoms with Gasteiger partial charge in [-0.3, -0.25) is 4.79 Å². The van der Waals surface area contributed by atoms with E-state index in [-0.39, 0.29) is 11.3 Å². The van der Waals surface area contributed by atoms with E-state index in [9.17, 15) is 9.90 Å². The molecule has 0 radical (unpaired) electrons. The van der Waals surface area contributed by atoms with Gasteiger partial charge in [-0.2, -0.15) is 0 Å². The summed E-state index contributed by atoms with van der Waals surface area (Å²) in [4.78, 5) is 14.1. The topological polar surface area (TPSA) is 79.1 Å². The molecule has 1 aromatic heterocycles. The van der Waals surface area contributed by atoms with E-state index < -0.39 is 0 Å². The first-order chi connectivity index (χ1) is 6.70. The first-order valence-corrected chi connectivity index (χ1v) is 4.25. The van der Waals surface area contributed by atoms with E-state index in [0.717, 1.165) is 5.39 Å². The lowest BCUT2D eigenvalue weighted by atomic mass is 10.1. The van der Waals surface area contributed by atoms with Gasteiger partial charge < -0.3 is 15.8 Å². The Morgan fingerprint density at radius 1 is 1.36 bits per heavy atom. The fraction of sp³-hybridized carbons (Fsp3) is 0.100. The zero-order chi connectivity index (χ0) is 10.1. The van der Waals surface area contributed by atoms with Crippen molar-refractivity contribution in [2.45, 2.75) is 6.54 Å². The van der Waals surface area contributed by atoms with Gasteiger partial charge in [0, 0.05) is 12.2 Å². The van der Waals surface area contributed by atoms with Crippen LogP contribution in [0.4, 0.5) is 0 Å². The number of benzene rings is 1. The van der Waals surface area contributed by atoms with E-state index in [1.807, 2.05) is 0 Å². The maximum absolute atomic E-state index is 11.5. The van der Waals surface area contributed by atoms with Crippen molar-refractivity contribution >= 4 is 10.8 Å². The van der Waals surface area contributed by atoms with Crippen molar-refractivity contribution in [2.75, 3.05) is 0 Å². The molecule has 0 aliphatic rings. The quantitative estimate of drug-likeness (QED) is 0.619. The molecule has 0 unspecified atom stereocenters. The Balaban J connectivity index is 2.83. The fourth-order valence-corrected chi connectivity index (χ4v) is 1.41. The second-order valence-corrected chi connectivity index (χ2v) is 3.10. The van der Waals surface area contributed by atoms with Crippen LogP contribution in [0.25, 0.3) is 10.8 Å². The maximum atomic E-state index is 11.5. The molecule has 0 saturated carbocycles. The minimum atomic E-state index is -0.223. The third-order valence-corrected chi connectivity index (χ3v) is 2.11. The molecule has 4 heteroatoms. The summed E-state index contributed by atoms with van der Waals surface area (Å²) in [6.07, 6.45) is 0. The summed E-state index contributed by atoms with van der Waals surface area (Å²) in [6.45, 7) is 0.298. The number of rotatable bonds is 1. The predicted octanol–water partition coefficient (Wildman–Crippen LogP) is 0.692. The lowest BCUT2D eigenvalue weighted by molar-refractivity contribution is 0.476. The number of H-pyrrole nitrogens is 1. The van der Waals surface area contributed by atoms with Crippen LogP contribution >= 0.6 is 0 Å². The van der Waals surface area contributed by atoms with Gasteiger partial charge in [0.15, 0.2) is 0 Å². The molecule has 4 nitrogen and oxygen atoms in total. The molecule has 72 valence electrons. The number of nitrogens with one attached hydrogen (secondary N) is 1. The van der Waals surface area contributed by atoms with E-state index in [2.05, 4.69) is 4.98 Å². The second kappa shape index (κ2) is 3.16. The smallest absolute Gasteiger partial charge is 0.256 e. The number of phenolic OH excluding ortho intramolecular Hbond substituents is 1. The number of fused-ring (bicyclic) bond motifs is 1. The van der Waals surface area contributed by atoms with Gasteiger partial charge in [-0.1, -0.05) is 6.07 Å². The van der Waals surface area contributed by atoms with Gasteiger partial charge in [-0.25, -0.2) is 0 Å². The molecule has 4 N–H and O–H groups in total. The van der Waals surface area contributed by atoms with Crippen LogP contribution in [-0.2, 0) is 6.54 Å². The van der Waals surface area contributed by atoms with Gasteiger partial charge in [-0.05, 0) is 23.6 Å². The zero-order valence-electron chi connectivity index (χ0n) is 7.45. The van der Waals surface area contributed by atoms with Crippen LogP contribution in [0.3, 0.4) is 0 Å². The lowest BCUT2D eigenvalue weighted by Gasteiger charge is -2.01. The molecule has 2 aromatic rings. The van der Waals surface area contributed by atoms with Crippen molar-refractivity contribution < 1.29 is 5.11 Å². The SMILES string of the molecule is NCc1cc2ccc(O)cc2c(=O)[nH]1. The van der Waals surface area contributed by atoms with Crippen molar-refractivity contribution in [3.8, 4) is 5.75 Å². The van der Waals surface area contributed by atoms with E-state index in [0.29, 0.717) is 17.6 Å². The molecule has 2 rings (SSSR count). The summed E-state index contributed by atoms with van der Waals surface area (Å²) in [5.41, 5.74) is 5.88. The van der Waals surface area contributed by atoms with Crippen molar-refractivity contribution in [1.82, 2.24) is 4.98 Å². The molecule has 0 aliphatic carbocycles. The Hall–Kier alpha value is -1.81. The van der Waals surface area contributed by atoms with Gasteiger partial charge in [0.1, 0.15) is 5.75 Å². The Morgan fingerprint density at radius 3 is 2.86 bits per heavy atom. The number of aromatic amines is 1. The first kappa shape index (κ1) is 8.77. The fourth-order valence-electron chi connectivity index (χ4n) is 1.41. The minimum Gasteiger partial charge on any atom is -0.508 e. The summed E-state index contributed by atoms with van der Waals surface area (Å²) >= 11 is 0. The molecule has 0 atom stereocenters. The molecule has 1 heterocycles. The zero-order valence-corrected chi connectivity index (χ0v) is 7.45. The molecule has 0 fully saturated rings. The number of nitrogens with two attached hydrogens (primary N) is 1. The third-order valence-electron chi connectivity index (χ3n) is 2.11. The van der Waals surface area contributed by atoms with Crippen LogP contribution in [0.5, 0.6) is 5.75 Å². The summed E-state index contributed by atoms with van der Waals surface area (Å²) in [5, 5.41) is 10.5. The van der Waals surface area contributed by atoms with Crippen molar-refractivity contribution in [3.63, 3.8) is 0 Å². The van der Waals surface area contributed by atoms with Crippen molar-refractivity contribution in [1.29, 1.82) is 0 Å². The summed E-state index contributed by atoms with van der Waals surface area (Å²) in [6, 6.07) is 6.48. The largest absolute Gasteiger partial charge is 0.508 e. The average Bonchev–Trinajstić information content (AvgIpc) is 2.19. The molecule has 14 heavy (non-hydrogen) atoms. The van der Waals surface area contributed by atoms with Crippen LogP contribution < -0.4 is 11.3 Å². The highest BCUT2D eigenvalue weighted by molar-refractivity contribution is 5.83. The third kappa shape index (κ3) is 1.36. The van der Waals surface area contributed by atoms with E-state index in [1.165, 1.54) is 6.07 Å². The molecule has 0 amide bonds. The van der Waals surface area contributed by atoms with Gasteiger partial charge in [0.05, 0.1) is 5.39 Å².